The predicted octanol–water partition coefficient (Wildman–Crippen LogP) is 7.96. The minimum absolute atomic E-state index is 0.0278. The molecule has 0 aliphatic heterocycles. The maximum absolute atomic E-state index is 12.9. The number of carbonyl (C=O) groups is 1. The maximum atomic E-state index is 12.9. The molecule has 0 spiro atoms. The third-order valence-corrected chi connectivity index (χ3v) is 9.45. The van der Waals surface area contributed by atoms with Gasteiger partial charge in [0.15, 0.2) is 0 Å². The van der Waals surface area contributed by atoms with Crippen LogP contribution in [0, 0.1) is 10.1 Å². The summed E-state index contributed by atoms with van der Waals surface area (Å²) in [7, 11) is 2.11. The zero-order valence-electron chi connectivity index (χ0n) is 24.7. The Kier molecular flexibility index (Phi) is 13.0. The van der Waals surface area contributed by atoms with E-state index in [1.165, 1.54) is 11.6 Å². The van der Waals surface area contributed by atoms with Gasteiger partial charge in [0, 0.05) is 70.1 Å². The molecular weight excluding hydrogens is 658 g/mol. The first-order valence-corrected chi connectivity index (χ1v) is 16.9. The third kappa shape index (κ3) is 10.0. The lowest BCUT2D eigenvalue weighted by Crippen LogP contribution is -2.33. The molecule has 0 radical (unpaired) electrons. The SMILES string of the molecule is CCN(CCN(C)Cc1ccccc1Br)c1ccc(C(=O)NSc2ccc(NCCSc3ccccc3)c([N+](=O)[O-])c2)cc1. The van der Waals surface area contributed by atoms with Gasteiger partial charge >= 0.3 is 0 Å². The Morgan fingerprint density at radius 1 is 0.932 bits per heavy atom. The van der Waals surface area contributed by atoms with Crippen LogP contribution in [0.4, 0.5) is 17.1 Å². The molecule has 11 heteroatoms. The molecule has 1 amide bonds. The quantitative estimate of drug-likeness (QED) is 0.0402. The Morgan fingerprint density at radius 3 is 2.36 bits per heavy atom. The lowest BCUT2D eigenvalue weighted by Gasteiger charge is -2.26. The number of nitro benzene ring substituents is 1. The smallest absolute Gasteiger partial charge is 0.293 e. The van der Waals surface area contributed by atoms with E-state index in [2.05, 4.69) is 67.9 Å². The average molecular weight is 695 g/mol. The van der Waals surface area contributed by atoms with Crippen LogP contribution in [0.25, 0.3) is 0 Å². The molecule has 0 heterocycles. The number of anilines is 2. The number of amides is 1. The molecule has 44 heavy (non-hydrogen) atoms. The van der Waals surface area contributed by atoms with E-state index in [0.717, 1.165) is 58.9 Å². The number of hydrogen-bond donors (Lipinski definition) is 2. The normalized spacial score (nSPS) is 10.9. The van der Waals surface area contributed by atoms with Gasteiger partial charge < -0.3 is 15.1 Å². The fraction of sp³-hybridized carbons (Fsp3) is 0.242. The minimum Gasteiger partial charge on any atom is -0.379 e. The molecule has 0 saturated carbocycles. The van der Waals surface area contributed by atoms with Gasteiger partial charge in [-0.15, -0.1) is 11.8 Å². The van der Waals surface area contributed by atoms with Crippen molar-refractivity contribution in [1.29, 1.82) is 0 Å². The van der Waals surface area contributed by atoms with E-state index >= 15 is 0 Å². The number of hydrogen-bond acceptors (Lipinski definition) is 8. The fourth-order valence-electron chi connectivity index (χ4n) is 4.49. The lowest BCUT2D eigenvalue weighted by atomic mass is 10.2. The summed E-state index contributed by atoms with van der Waals surface area (Å²) in [6, 6.07) is 30.7. The molecular formula is C33H36BrN5O3S2. The highest BCUT2D eigenvalue weighted by atomic mass is 79.9. The van der Waals surface area contributed by atoms with E-state index < -0.39 is 4.92 Å². The van der Waals surface area contributed by atoms with Crippen LogP contribution < -0.4 is 14.9 Å². The Balaban J connectivity index is 1.26. The summed E-state index contributed by atoms with van der Waals surface area (Å²) in [5, 5.41) is 14.9. The molecule has 0 aliphatic carbocycles. The number of nitrogens with one attached hydrogen (secondary N) is 2. The highest BCUT2D eigenvalue weighted by Crippen LogP contribution is 2.30. The van der Waals surface area contributed by atoms with Crippen LogP contribution >= 0.6 is 39.6 Å². The van der Waals surface area contributed by atoms with Crippen LogP contribution in [0.3, 0.4) is 0 Å². The van der Waals surface area contributed by atoms with Crippen LogP contribution in [0.15, 0.2) is 111 Å². The van der Waals surface area contributed by atoms with E-state index in [-0.39, 0.29) is 11.6 Å². The monoisotopic (exact) mass is 693 g/mol. The molecule has 8 nitrogen and oxygen atoms in total. The summed E-state index contributed by atoms with van der Waals surface area (Å²) in [4.78, 5) is 30.5. The van der Waals surface area contributed by atoms with E-state index in [4.69, 9.17) is 0 Å². The molecule has 0 aromatic heterocycles. The fourth-order valence-corrected chi connectivity index (χ4v) is 6.33. The molecule has 0 fully saturated rings. The molecule has 4 aromatic rings. The van der Waals surface area contributed by atoms with Crippen molar-refractivity contribution in [3.05, 3.63) is 123 Å². The summed E-state index contributed by atoms with van der Waals surface area (Å²) in [6.45, 7) is 6.15. The van der Waals surface area contributed by atoms with Gasteiger partial charge in [-0.05, 0) is 86.1 Å². The van der Waals surface area contributed by atoms with Crippen molar-refractivity contribution in [2.24, 2.45) is 0 Å². The third-order valence-electron chi connectivity index (χ3n) is 6.88. The second-order valence-electron chi connectivity index (χ2n) is 10.0. The van der Waals surface area contributed by atoms with Crippen LogP contribution in [-0.4, -0.2) is 54.7 Å². The minimum atomic E-state index is -0.408. The van der Waals surface area contributed by atoms with Gasteiger partial charge in [-0.1, -0.05) is 52.3 Å². The van der Waals surface area contributed by atoms with Crippen molar-refractivity contribution in [2.45, 2.75) is 23.3 Å². The number of likely N-dealkylation sites (N-methyl/N-ethyl adjacent to an activating group) is 2. The molecule has 0 unspecified atom stereocenters. The van der Waals surface area contributed by atoms with Crippen LogP contribution in [0.5, 0.6) is 0 Å². The largest absolute Gasteiger partial charge is 0.379 e. The highest BCUT2D eigenvalue weighted by molar-refractivity contribution is 9.10. The zero-order chi connectivity index (χ0) is 31.3. The topological polar surface area (TPSA) is 90.8 Å². The summed E-state index contributed by atoms with van der Waals surface area (Å²) in [6.07, 6.45) is 0. The van der Waals surface area contributed by atoms with Crippen molar-refractivity contribution in [1.82, 2.24) is 9.62 Å². The van der Waals surface area contributed by atoms with E-state index in [1.807, 2.05) is 60.7 Å². The van der Waals surface area contributed by atoms with E-state index in [9.17, 15) is 14.9 Å². The summed E-state index contributed by atoms with van der Waals surface area (Å²) in [5.41, 5.74) is 3.25. The molecule has 0 saturated heterocycles. The molecule has 2 N–H and O–H groups in total. The van der Waals surface area contributed by atoms with Gasteiger partial charge in [-0.25, -0.2) is 0 Å². The van der Waals surface area contributed by atoms with Crippen molar-refractivity contribution in [3.8, 4) is 0 Å². The highest BCUT2D eigenvalue weighted by Gasteiger charge is 2.16. The number of nitrogens with zero attached hydrogens (tertiary/aromatic N) is 3. The zero-order valence-corrected chi connectivity index (χ0v) is 28.0. The van der Waals surface area contributed by atoms with Crippen molar-refractivity contribution in [2.75, 3.05) is 49.2 Å². The number of benzene rings is 4. The number of nitro groups is 1. The number of carbonyl (C=O) groups excluding carboxylic acids is 1. The van der Waals surface area contributed by atoms with E-state index in [1.54, 1.807) is 23.9 Å². The van der Waals surface area contributed by atoms with Crippen LogP contribution in [0.1, 0.15) is 22.8 Å². The standard InChI is InChI=1S/C33H36BrN5O3S2/c1-3-38(21-20-37(2)24-26-9-7-8-12-30(26)34)27-15-13-25(14-16-27)33(40)36-44-29-17-18-31(32(23-29)39(41)42)35-19-22-43-28-10-5-4-6-11-28/h4-18,23,35H,3,19-22,24H2,1-2H3,(H,36,40). The first kappa shape index (κ1) is 33.4. The average Bonchev–Trinajstić information content (AvgIpc) is 3.04. The maximum Gasteiger partial charge on any atom is 0.293 e. The Labute approximate surface area is 276 Å². The van der Waals surface area contributed by atoms with Crippen LogP contribution in [0.2, 0.25) is 0 Å². The number of rotatable bonds is 16. The van der Waals surface area contributed by atoms with E-state index in [0.29, 0.717) is 22.7 Å². The molecule has 4 aromatic carbocycles. The summed E-state index contributed by atoms with van der Waals surface area (Å²) in [5.74, 6) is 0.506. The first-order valence-electron chi connectivity index (χ1n) is 14.3. The lowest BCUT2D eigenvalue weighted by molar-refractivity contribution is -0.384. The van der Waals surface area contributed by atoms with Gasteiger partial charge in [0.05, 0.1) is 4.92 Å². The van der Waals surface area contributed by atoms with Crippen molar-refractivity contribution < 1.29 is 9.72 Å². The van der Waals surface area contributed by atoms with Crippen molar-refractivity contribution in [3.63, 3.8) is 0 Å². The number of thioether (sulfide) groups is 1. The van der Waals surface area contributed by atoms with Gasteiger partial charge in [-0.3, -0.25) is 19.6 Å². The van der Waals surface area contributed by atoms with Gasteiger partial charge in [-0.2, -0.15) is 0 Å². The summed E-state index contributed by atoms with van der Waals surface area (Å²) < 4.78 is 3.92. The molecule has 0 aliphatic rings. The molecule has 0 bridgehead atoms. The second kappa shape index (κ2) is 17.1. The molecule has 0 atom stereocenters. The van der Waals surface area contributed by atoms with Crippen LogP contribution in [-0.2, 0) is 6.54 Å². The first-order chi connectivity index (χ1) is 21.3. The molecule has 4 rings (SSSR count). The van der Waals surface area contributed by atoms with Gasteiger partial charge in [0.1, 0.15) is 5.69 Å². The van der Waals surface area contributed by atoms with Crippen molar-refractivity contribution >= 4 is 62.6 Å². The van der Waals surface area contributed by atoms with Gasteiger partial charge in [0.25, 0.3) is 11.6 Å². The Hall–Kier alpha value is -3.51. The summed E-state index contributed by atoms with van der Waals surface area (Å²) >= 11 is 6.37. The Bertz CT molecular complexity index is 1530. The second-order valence-corrected chi connectivity index (χ2v) is 12.9. The molecule has 230 valence electrons. The Morgan fingerprint density at radius 2 is 1.66 bits per heavy atom. The van der Waals surface area contributed by atoms with Gasteiger partial charge in [0.2, 0.25) is 0 Å². The predicted molar refractivity (Wildman–Crippen MR) is 187 cm³/mol. The number of halogens is 1.